The van der Waals surface area contributed by atoms with Crippen molar-refractivity contribution in [2.45, 2.75) is 39.5 Å². The number of rotatable bonds is 6. The van der Waals surface area contributed by atoms with Crippen molar-refractivity contribution < 1.29 is 8.42 Å². The highest BCUT2D eigenvalue weighted by molar-refractivity contribution is 7.92. The minimum absolute atomic E-state index is 0.0921. The summed E-state index contributed by atoms with van der Waals surface area (Å²) in [5.41, 5.74) is 3.16. The van der Waals surface area contributed by atoms with E-state index in [4.69, 9.17) is 0 Å². The zero-order chi connectivity index (χ0) is 17.8. The lowest BCUT2D eigenvalue weighted by Gasteiger charge is -2.19. The molecule has 0 fully saturated rings. The fraction of sp³-hybridized carbons (Fsp3) is 0.389. The second kappa shape index (κ2) is 7.21. The normalized spacial score (nSPS) is 12.0. The molecule has 0 amide bonds. The Bertz CT molecular complexity index is 761. The van der Waals surface area contributed by atoms with Crippen LogP contribution in [0.15, 0.2) is 42.6 Å². The number of sulfonamides is 1. The number of pyridine rings is 1. The molecule has 24 heavy (non-hydrogen) atoms. The zero-order valence-corrected chi connectivity index (χ0v) is 15.4. The van der Waals surface area contributed by atoms with Crippen LogP contribution < -0.4 is 10.0 Å². The Balaban J connectivity index is 2.04. The number of hydrogen-bond acceptors (Lipinski definition) is 4. The average Bonchev–Trinajstić information content (AvgIpc) is 2.48. The summed E-state index contributed by atoms with van der Waals surface area (Å²) in [5, 5.41) is 3.26. The summed E-state index contributed by atoms with van der Waals surface area (Å²) in [7, 11) is -3.31. The van der Waals surface area contributed by atoms with Gasteiger partial charge in [0.1, 0.15) is 5.82 Å². The van der Waals surface area contributed by atoms with E-state index in [0.29, 0.717) is 12.2 Å². The van der Waals surface area contributed by atoms with Gasteiger partial charge in [0.25, 0.3) is 0 Å². The molecule has 0 spiro atoms. The molecule has 2 rings (SSSR count). The molecule has 0 bridgehead atoms. The van der Waals surface area contributed by atoms with Crippen LogP contribution in [0.5, 0.6) is 0 Å². The van der Waals surface area contributed by atoms with E-state index in [1.165, 1.54) is 5.56 Å². The van der Waals surface area contributed by atoms with Crippen LogP contribution in [0, 0.1) is 0 Å². The van der Waals surface area contributed by atoms with Gasteiger partial charge in [0.05, 0.1) is 17.6 Å². The highest BCUT2D eigenvalue weighted by Gasteiger charge is 2.13. The van der Waals surface area contributed by atoms with Gasteiger partial charge in [-0.15, -0.1) is 0 Å². The largest absolute Gasteiger partial charge is 0.354 e. The quantitative estimate of drug-likeness (QED) is 0.818. The van der Waals surface area contributed by atoms with E-state index < -0.39 is 10.0 Å². The third kappa shape index (κ3) is 5.23. The summed E-state index contributed by atoms with van der Waals surface area (Å²) in [5.74, 6) is 0.423. The molecule has 5 nitrogen and oxygen atoms in total. The molecule has 0 atom stereocenters. The Labute approximate surface area is 144 Å². The number of anilines is 3. The Morgan fingerprint density at radius 2 is 1.62 bits per heavy atom. The van der Waals surface area contributed by atoms with E-state index in [-0.39, 0.29) is 11.2 Å². The molecule has 0 unspecified atom stereocenters. The first kappa shape index (κ1) is 18.3. The number of nitrogens with one attached hydrogen (secondary N) is 2. The number of nitrogens with zero attached hydrogens (tertiary/aromatic N) is 1. The lowest BCUT2D eigenvalue weighted by atomic mass is 9.87. The van der Waals surface area contributed by atoms with Gasteiger partial charge in [-0.3, -0.25) is 4.72 Å². The maximum atomic E-state index is 11.7. The fourth-order valence-corrected chi connectivity index (χ4v) is 3.31. The van der Waals surface area contributed by atoms with Gasteiger partial charge in [0, 0.05) is 5.69 Å². The molecule has 1 aromatic carbocycles. The minimum atomic E-state index is -3.31. The first-order valence-corrected chi connectivity index (χ1v) is 9.69. The van der Waals surface area contributed by atoms with E-state index in [2.05, 4.69) is 47.9 Å². The fourth-order valence-electron chi connectivity index (χ4n) is 2.23. The van der Waals surface area contributed by atoms with Crippen molar-refractivity contribution in [3.8, 4) is 0 Å². The van der Waals surface area contributed by atoms with E-state index in [1.54, 1.807) is 18.3 Å². The third-order valence-electron chi connectivity index (χ3n) is 3.54. The molecule has 2 N–H and O–H groups in total. The average molecular weight is 347 g/mol. The van der Waals surface area contributed by atoms with Gasteiger partial charge in [-0.05, 0) is 41.7 Å². The van der Waals surface area contributed by atoms with Crippen molar-refractivity contribution >= 4 is 27.2 Å². The van der Waals surface area contributed by atoms with Crippen molar-refractivity contribution in [2.75, 3.05) is 15.8 Å². The van der Waals surface area contributed by atoms with E-state index >= 15 is 0 Å². The first-order chi connectivity index (χ1) is 11.2. The Kier molecular flexibility index (Phi) is 5.49. The molecule has 0 radical (unpaired) electrons. The molecule has 0 aliphatic carbocycles. The third-order valence-corrected chi connectivity index (χ3v) is 5.00. The SMILES string of the molecule is CCCS(=O)(=O)Nc1ccc(Nc2ccc(C(C)(C)C)cc2)cn1. The van der Waals surface area contributed by atoms with Crippen molar-refractivity contribution in [2.24, 2.45) is 0 Å². The molecule has 6 heteroatoms. The molecule has 0 aliphatic heterocycles. The Morgan fingerprint density at radius 3 is 2.12 bits per heavy atom. The van der Waals surface area contributed by atoms with Crippen LogP contribution in [0.25, 0.3) is 0 Å². The molecule has 1 aromatic heterocycles. The summed E-state index contributed by atoms with van der Waals surface area (Å²) in [6.07, 6.45) is 2.18. The molecule has 1 heterocycles. The van der Waals surface area contributed by atoms with Crippen LogP contribution in [0.2, 0.25) is 0 Å². The van der Waals surface area contributed by atoms with Gasteiger partial charge < -0.3 is 5.32 Å². The summed E-state index contributed by atoms with van der Waals surface area (Å²) < 4.78 is 25.9. The maximum absolute atomic E-state index is 11.7. The van der Waals surface area contributed by atoms with Crippen molar-refractivity contribution in [3.05, 3.63) is 48.2 Å². The minimum Gasteiger partial charge on any atom is -0.354 e. The predicted octanol–water partition coefficient (Wildman–Crippen LogP) is 4.27. The van der Waals surface area contributed by atoms with Gasteiger partial charge in [-0.1, -0.05) is 39.8 Å². The zero-order valence-electron chi connectivity index (χ0n) is 14.6. The van der Waals surface area contributed by atoms with Crippen LogP contribution >= 0.6 is 0 Å². The molecular formula is C18H25N3O2S. The van der Waals surface area contributed by atoms with Gasteiger partial charge in [-0.25, -0.2) is 13.4 Å². The topological polar surface area (TPSA) is 71.1 Å². The molecule has 0 saturated carbocycles. The summed E-state index contributed by atoms with van der Waals surface area (Å²) in [6.45, 7) is 8.36. The van der Waals surface area contributed by atoms with Gasteiger partial charge in [-0.2, -0.15) is 0 Å². The van der Waals surface area contributed by atoms with Crippen molar-refractivity contribution in [1.82, 2.24) is 4.98 Å². The van der Waals surface area contributed by atoms with Crippen LogP contribution in [0.4, 0.5) is 17.2 Å². The highest BCUT2D eigenvalue weighted by atomic mass is 32.2. The lowest BCUT2D eigenvalue weighted by molar-refractivity contribution is 0.590. The lowest BCUT2D eigenvalue weighted by Crippen LogP contribution is -2.16. The van der Waals surface area contributed by atoms with Crippen LogP contribution in [-0.2, 0) is 15.4 Å². The van der Waals surface area contributed by atoms with Crippen LogP contribution in [-0.4, -0.2) is 19.2 Å². The van der Waals surface area contributed by atoms with Gasteiger partial charge >= 0.3 is 0 Å². The summed E-state index contributed by atoms with van der Waals surface area (Å²) in [4.78, 5) is 4.15. The van der Waals surface area contributed by atoms with Crippen molar-refractivity contribution in [3.63, 3.8) is 0 Å². The van der Waals surface area contributed by atoms with E-state index in [0.717, 1.165) is 11.4 Å². The van der Waals surface area contributed by atoms with Crippen molar-refractivity contribution in [1.29, 1.82) is 0 Å². The van der Waals surface area contributed by atoms with Gasteiger partial charge in [0.15, 0.2) is 0 Å². The molecule has 0 saturated heterocycles. The number of aromatic nitrogens is 1. The molecular weight excluding hydrogens is 322 g/mol. The second-order valence-electron chi connectivity index (χ2n) is 6.81. The number of benzene rings is 1. The second-order valence-corrected chi connectivity index (χ2v) is 8.65. The maximum Gasteiger partial charge on any atom is 0.233 e. The van der Waals surface area contributed by atoms with Gasteiger partial charge in [0.2, 0.25) is 10.0 Å². The van der Waals surface area contributed by atoms with Crippen LogP contribution in [0.3, 0.4) is 0 Å². The Hall–Kier alpha value is -2.08. The first-order valence-electron chi connectivity index (χ1n) is 8.04. The summed E-state index contributed by atoms with van der Waals surface area (Å²) in [6, 6.07) is 11.7. The molecule has 130 valence electrons. The van der Waals surface area contributed by atoms with E-state index in [1.807, 2.05) is 19.1 Å². The number of hydrogen-bond donors (Lipinski definition) is 2. The van der Waals surface area contributed by atoms with Crippen LogP contribution in [0.1, 0.15) is 39.7 Å². The monoisotopic (exact) mass is 347 g/mol. The molecule has 0 aliphatic rings. The Morgan fingerprint density at radius 1 is 1.00 bits per heavy atom. The van der Waals surface area contributed by atoms with E-state index in [9.17, 15) is 8.42 Å². The summed E-state index contributed by atoms with van der Waals surface area (Å²) >= 11 is 0. The highest BCUT2D eigenvalue weighted by Crippen LogP contribution is 2.25. The molecule has 2 aromatic rings. The smallest absolute Gasteiger partial charge is 0.233 e. The standard InChI is InChI=1S/C18H25N3O2S/c1-5-12-24(22,23)21-17-11-10-16(13-19-17)20-15-8-6-14(7-9-15)18(2,3)4/h6-11,13,20H,5,12H2,1-4H3,(H,19,21). The predicted molar refractivity (Wildman–Crippen MR) is 100 cm³/mol.